The second kappa shape index (κ2) is 16.3. The second-order valence-electron chi connectivity index (χ2n) is 16.5. The van der Waals surface area contributed by atoms with E-state index in [1.54, 1.807) is 23.1 Å². The highest BCUT2D eigenvalue weighted by Gasteiger charge is 2.31. The summed E-state index contributed by atoms with van der Waals surface area (Å²) in [5, 5.41) is 22.4. The molecular formula is C45H51N9O5. The van der Waals surface area contributed by atoms with Gasteiger partial charge in [0.15, 0.2) is 5.82 Å². The first-order chi connectivity index (χ1) is 28.7. The number of anilines is 3. The van der Waals surface area contributed by atoms with Crippen molar-refractivity contribution >= 4 is 45.9 Å². The first kappa shape index (κ1) is 38.5. The van der Waals surface area contributed by atoms with Crippen LogP contribution in [0.1, 0.15) is 67.1 Å². The van der Waals surface area contributed by atoms with E-state index in [1.165, 1.54) is 5.52 Å². The Morgan fingerprint density at radius 1 is 0.898 bits per heavy atom. The fourth-order valence-corrected chi connectivity index (χ4v) is 9.33. The van der Waals surface area contributed by atoms with Gasteiger partial charge in [0.2, 0.25) is 5.91 Å². The lowest BCUT2D eigenvalue weighted by atomic mass is 9.94. The molecule has 0 bridgehead atoms. The third-order valence-corrected chi connectivity index (χ3v) is 12.5. The van der Waals surface area contributed by atoms with Crippen LogP contribution in [-0.2, 0) is 9.53 Å². The van der Waals surface area contributed by atoms with E-state index in [2.05, 4.69) is 48.2 Å². The Bertz CT molecular complexity index is 2350. The van der Waals surface area contributed by atoms with Crippen molar-refractivity contribution in [2.75, 3.05) is 67.9 Å². The van der Waals surface area contributed by atoms with Crippen LogP contribution in [0.25, 0.3) is 22.2 Å². The van der Waals surface area contributed by atoms with Crippen LogP contribution in [0.5, 0.6) is 5.75 Å². The second-order valence-corrected chi connectivity index (χ2v) is 16.5. The zero-order valence-electron chi connectivity index (χ0n) is 33.4. The topological polar surface area (TPSA) is 162 Å². The maximum Gasteiger partial charge on any atom is 0.328 e. The zero-order chi connectivity index (χ0) is 40.6. The van der Waals surface area contributed by atoms with Crippen molar-refractivity contribution in [2.24, 2.45) is 5.92 Å². The van der Waals surface area contributed by atoms with Crippen molar-refractivity contribution in [2.45, 2.75) is 57.3 Å². The number of nitrogens with one attached hydrogen (secondary N) is 1. The van der Waals surface area contributed by atoms with Gasteiger partial charge < -0.3 is 34.8 Å². The molecule has 4 fully saturated rings. The molecule has 9 rings (SSSR count). The number of carbonyl (C=O) groups excluding carboxylic acids is 3. The molecule has 0 aliphatic carbocycles. The summed E-state index contributed by atoms with van der Waals surface area (Å²) in [7, 11) is 0. The van der Waals surface area contributed by atoms with Crippen molar-refractivity contribution < 1.29 is 24.2 Å². The molecule has 6 heterocycles. The van der Waals surface area contributed by atoms with E-state index in [0.717, 1.165) is 80.7 Å². The number of phenols is 1. The number of para-hydroxylation sites is 1. The highest BCUT2D eigenvalue weighted by molar-refractivity contribution is 6.06. The number of nitrogen functional groups attached to an aromatic ring is 1. The number of aromatic nitrogens is 3. The number of hydrogen-bond donors (Lipinski definition) is 3. The monoisotopic (exact) mass is 797 g/mol. The smallest absolute Gasteiger partial charge is 0.328 e. The SMILES string of the molecule is C[C@H]1CN(c2cc(-c3ccccc3O)nnc2N)C[C@@H](c2ccc(C(=O)N3CCC(CN4CCC(n5ccc6cc(N7CCC(=O)NC7=O)ccc65)CC4)CC3)cc2)O1. The van der Waals surface area contributed by atoms with E-state index in [9.17, 15) is 19.5 Å². The summed E-state index contributed by atoms with van der Waals surface area (Å²) >= 11 is 0. The molecule has 4 aliphatic rings. The van der Waals surface area contributed by atoms with Crippen LogP contribution in [0.2, 0.25) is 0 Å². The summed E-state index contributed by atoms with van der Waals surface area (Å²) in [4.78, 5) is 46.0. The van der Waals surface area contributed by atoms with Crippen LogP contribution in [0.4, 0.5) is 22.0 Å². The van der Waals surface area contributed by atoms with Crippen molar-refractivity contribution in [3.63, 3.8) is 0 Å². The van der Waals surface area contributed by atoms with Crippen LogP contribution in [0, 0.1) is 5.92 Å². The van der Waals surface area contributed by atoms with Gasteiger partial charge in [-0.05, 0) is 98.7 Å². The third-order valence-electron chi connectivity index (χ3n) is 12.5. The molecule has 5 aromatic rings. The number of nitrogens with two attached hydrogens (primary N) is 1. The van der Waals surface area contributed by atoms with E-state index >= 15 is 0 Å². The maximum absolute atomic E-state index is 13.6. The van der Waals surface area contributed by atoms with Crippen LogP contribution in [0.15, 0.2) is 85.1 Å². The molecule has 2 aromatic heterocycles. The Morgan fingerprint density at radius 2 is 1.68 bits per heavy atom. The highest BCUT2D eigenvalue weighted by Crippen LogP contribution is 2.36. The van der Waals surface area contributed by atoms with Crippen LogP contribution in [-0.4, -0.2) is 106 Å². The molecule has 0 unspecified atom stereocenters. The standard InChI is InChI=1S/C45H51N9O5/c1-29-26-52(39-25-37(48-49-43(39)46)36-4-2-3-5-40(36)55)28-41(59-29)31-6-8-32(9-7-31)44(57)51-20-12-30(13-21-51)27-50-18-15-34(16-19-50)53-22-14-33-24-35(10-11-38(33)53)54-23-17-42(56)47-45(54)58/h2-11,14,22,24-25,29-30,34,41,55H,12-13,15-21,23,26-28H2,1H3,(H2,46,49)(H,47,56,58)/t29-,41-/m0/s1. The summed E-state index contributed by atoms with van der Waals surface area (Å²) in [6.07, 6.45) is 6.32. The van der Waals surface area contributed by atoms with E-state index < -0.39 is 0 Å². The molecule has 0 spiro atoms. The predicted octanol–water partition coefficient (Wildman–Crippen LogP) is 5.99. The number of aromatic hydroxyl groups is 1. The van der Waals surface area contributed by atoms with Gasteiger partial charge in [0.25, 0.3) is 5.91 Å². The van der Waals surface area contributed by atoms with Gasteiger partial charge in [0.05, 0.1) is 17.5 Å². The molecule has 14 heteroatoms. The molecular weight excluding hydrogens is 747 g/mol. The number of piperidine rings is 2. The van der Waals surface area contributed by atoms with Crippen LogP contribution < -0.4 is 20.9 Å². The van der Waals surface area contributed by atoms with E-state index in [0.29, 0.717) is 60.7 Å². The number of likely N-dealkylation sites (tertiary alicyclic amines) is 2. The van der Waals surface area contributed by atoms with Crippen molar-refractivity contribution in [3.8, 4) is 17.0 Å². The number of amides is 4. The van der Waals surface area contributed by atoms with Gasteiger partial charge in [-0.2, -0.15) is 0 Å². The van der Waals surface area contributed by atoms with E-state index in [4.69, 9.17) is 10.5 Å². The van der Waals surface area contributed by atoms with Crippen LogP contribution >= 0.6 is 0 Å². The highest BCUT2D eigenvalue weighted by atomic mass is 16.5. The zero-order valence-corrected chi connectivity index (χ0v) is 33.4. The molecule has 59 heavy (non-hydrogen) atoms. The molecule has 3 aromatic carbocycles. The molecule has 0 saturated carbocycles. The number of fused-ring (bicyclic) bond motifs is 1. The van der Waals surface area contributed by atoms with Gasteiger partial charge in [-0.25, -0.2) is 4.79 Å². The van der Waals surface area contributed by atoms with E-state index in [-0.39, 0.29) is 35.8 Å². The average molecular weight is 798 g/mol. The summed E-state index contributed by atoms with van der Waals surface area (Å²) in [6, 6.07) is 25.0. The summed E-state index contributed by atoms with van der Waals surface area (Å²) in [5.41, 5.74) is 11.9. The Morgan fingerprint density at radius 3 is 2.44 bits per heavy atom. The number of imide groups is 1. The minimum atomic E-state index is -0.362. The molecule has 4 aliphatic heterocycles. The number of benzene rings is 3. The minimum absolute atomic E-state index is 0.0723. The fraction of sp³-hybridized carbons (Fsp3) is 0.400. The Balaban J connectivity index is 0.755. The van der Waals surface area contributed by atoms with Crippen LogP contribution in [0.3, 0.4) is 0 Å². The normalized spacial score (nSPS) is 21.3. The molecule has 306 valence electrons. The number of morpholine rings is 1. The molecule has 4 N–H and O–H groups in total. The lowest BCUT2D eigenvalue weighted by Gasteiger charge is -2.39. The first-order valence-electron chi connectivity index (χ1n) is 20.8. The largest absolute Gasteiger partial charge is 0.507 e. The first-order valence-corrected chi connectivity index (χ1v) is 20.8. The average Bonchev–Trinajstić information content (AvgIpc) is 3.68. The quantitative estimate of drug-likeness (QED) is 0.170. The van der Waals surface area contributed by atoms with Crippen molar-refractivity contribution in [1.82, 2.24) is 29.9 Å². The predicted molar refractivity (Wildman–Crippen MR) is 226 cm³/mol. The number of urea groups is 1. The van der Waals surface area contributed by atoms with Gasteiger partial charge in [0, 0.05) is 98.7 Å². The third kappa shape index (κ3) is 8.06. The number of rotatable bonds is 8. The molecule has 4 saturated heterocycles. The number of hydrogen-bond acceptors (Lipinski definition) is 10. The fourth-order valence-electron chi connectivity index (χ4n) is 9.33. The van der Waals surface area contributed by atoms with Crippen molar-refractivity contribution in [3.05, 3.63) is 96.2 Å². The van der Waals surface area contributed by atoms with E-state index in [1.807, 2.05) is 60.4 Å². The Kier molecular flexibility index (Phi) is 10.7. The number of ether oxygens (including phenoxy) is 1. The Labute approximate surface area is 343 Å². The summed E-state index contributed by atoms with van der Waals surface area (Å²) < 4.78 is 8.76. The van der Waals surface area contributed by atoms with Gasteiger partial charge in [0.1, 0.15) is 11.9 Å². The maximum atomic E-state index is 13.6. The molecule has 0 radical (unpaired) electrons. The minimum Gasteiger partial charge on any atom is -0.507 e. The summed E-state index contributed by atoms with van der Waals surface area (Å²) in [6.45, 7) is 8.28. The molecule has 4 amide bonds. The lowest BCUT2D eigenvalue weighted by Crippen LogP contribution is -2.49. The molecule has 2 atom stereocenters. The number of phenolic OH excluding ortho intramolecular Hbond substituents is 1. The molecule has 14 nitrogen and oxygen atoms in total. The number of carbonyl (C=O) groups is 3. The lowest BCUT2D eigenvalue weighted by molar-refractivity contribution is -0.120. The van der Waals surface area contributed by atoms with Gasteiger partial charge in [-0.1, -0.05) is 24.3 Å². The van der Waals surface area contributed by atoms with Gasteiger partial charge >= 0.3 is 6.03 Å². The Hall–Kier alpha value is -5.99. The van der Waals surface area contributed by atoms with Crippen molar-refractivity contribution in [1.29, 1.82) is 0 Å². The van der Waals surface area contributed by atoms with Gasteiger partial charge in [-0.3, -0.25) is 19.8 Å². The number of nitrogens with zero attached hydrogens (tertiary/aromatic N) is 7. The van der Waals surface area contributed by atoms with Gasteiger partial charge in [-0.15, -0.1) is 10.2 Å². The summed E-state index contributed by atoms with van der Waals surface area (Å²) in [5.74, 6) is 0.860.